The van der Waals surface area contributed by atoms with E-state index >= 15 is 0 Å². The quantitative estimate of drug-likeness (QED) is 0.873. The Hall–Kier alpha value is -1.79. The second kappa shape index (κ2) is 7.40. The highest BCUT2D eigenvalue weighted by Crippen LogP contribution is 2.33. The molecule has 6 nitrogen and oxygen atoms in total. The molecule has 1 fully saturated rings. The molecular weight excluding hydrogens is 330 g/mol. The molecule has 0 aliphatic carbocycles. The Kier molecular flexibility index (Phi) is 5.72. The van der Waals surface area contributed by atoms with Gasteiger partial charge in [-0.25, -0.2) is 0 Å². The maximum atomic E-state index is 12.7. The van der Waals surface area contributed by atoms with Gasteiger partial charge in [0.05, 0.1) is 5.69 Å². The van der Waals surface area contributed by atoms with Gasteiger partial charge in [0.2, 0.25) is 5.91 Å². The van der Waals surface area contributed by atoms with E-state index in [-0.39, 0.29) is 42.8 Å². The van der Waals surface area contributed by atoms with Crippen LogP contribution in [0.5, 0.6) is 5.75 Å². The zero-order valence-corrected chi connectivity index (χ0v) is 15.0. The van der Waals surface area contributed by atoms with Crippen LogP contribution in [0.3, 0.4) is 0 Å². The van der Waals surface area contributed by atoms with E-state index in [1.54, 1.807) is 11.8 Å². The molecule has 24 heavy (non-hydrogen) atoms. The van der Waals surface area contributed by atoms with Crippen molar-refractivity contribution in [2.24, 2.45) is 0 Å². The number of para-hydroxylation sites is 2. The summed E-state index contributed by atoms with van der Waals surface area (Å²) in [6.07, 6.45) is -0.572. The summed E-state index contributed by atoms with van der Waals surface area (Å²) in [5, 5.41) is 3.36. The Morgan fingerprint density at radius 3 is 2.75 bits per heavy atom. The summed E-state index contributed by atoms with van der Waals surface area (Å²) < 4.78 is 5.61. The van der Waals surface area contributed by atoms with Gasteiger partial charge in [0.25, 0.3) is 5.91 Å². The van der Waals surface area contributed by atoms with Crippen LogP contribution in [-0.4, -0.2) is 54.5 Å². The lowest BCUT2D eigenvalue weighted by Crippen LogP contribution is -2.59. The molecular formula is C17H24ClN3O3. The van der Waals surface area contributed by atoms with Gasteiger partial charge in [-0.2, -0.15) is 0 Å². The third kappa shape index (κ3) is 3.35. The average Bonchev–Trinajstić information content (AvgIpc) is 2.54. The van der Waals surface area contributed by atoms with Crippen molar-refractivity contribution in [3.8, 4) is 5.75 Å². The summed E-state index contributed by atoms with van der Waals surface area (Å²) >= 11 is 0. The van der Waals surface area contributed by atoms with E-state index < -0.39 is 6.10 Å². The first-order chi connectivity index (χ1) is 11.0. The number of halogens is 1. The first kappa shape index (κ1) is 18.5. The molecule has 3 atom stereocenters. The molecule has 3 unspecified atom stereocenters. The van der Waals surface area contributed by atoms with Gasteiger partial charge in [-0.05, 0) is 32.9 Å². The maximum Gasteiger partial charge on any atom is 0.268 e. The van der Waals surface area contributed by atoms with E-state index in [1.807, 2.05) is 36.1 Å². The molecule has 1 saturated heterocycles. The second-order valence-corrected chi connectivity index (χ2v) is 6.22. The lowest BCUT2D eigenvalue weighted by molar-refractivity contribution is -0.135. The smallest absolute Gasteiger partial charge is 0.268 e. The number of fused-ring (bicyclic) bond motifs is 1. The molecule has 2 amide bonds. The summed E-state index contributed by atoms with van der Waals surface area (Å²) in [4.78, 5) is 28.6. The molecule has 2 heterocycles. The SMILES string of the molecule is CC1Oc2ccccc2N(CC(=O)N2CCNC(C)C2C)C1=O.Cl. The number of anilines is 1. The Labute approximate surface area is 148 Å². The number of carbonyl (C=O) groups is 2. The van der Waals surface area contributed by atoms with Crippen LogP contribution < -0.4 is 15.0 Å². The van der Waals surface area contributed by atoms with Crippen molar-refractivity contribution in [2.75, 3.05) is 24.5 Å². The van der Waals surface area contributed by atoms with Crippen LogP contribution in [0.4, 0.5) is 5.69 Å². The Balaban J connectivity index is 0.00000208. The average molecular weight is 354 g/mol. The third-order valence-electron chi connectivity index (χ3n) is 4.72. The summed E-state index contributed by atoms with van der Waals surface area (Å²) in [6.45, 7) is 7.32. The van der Waals surface area contributed by atoms with Crippen LogP contribution in [-0.2, 0) is 9.59 Å². The number of hydrogen-bond acceptors (Lipinski definition) is 4. The van der Waals surface area contributed by atoms with Gasteiger partial charge < -0.3 is 15.0 Å². The number of nitrogens with one attached hydrogen (secondary N) is 1. The van der Waals surface area contributed by atoms with E-state index in [4.69, 9.17) is 4.74 Å². The van der Waals surface area contributed by atoms with Crippen LogP contribution >= 0.6 is 12.4 Å². The number of carbonyl (C=O) groups excluding carboxylic acids is 2. The number of ether oxygens (including phenoxy) is 1. The van der Waals surface area contributed by atoms with Crippen LogP contribution in [0.1, 0.15) is 20.8 Å². The molecule has 132 valence electrons. The Morgan fingerprint density at radius 1 is 1.29 bits per heavy atom. The van der Waals surface area contributed by atoms with Gasteiger partial charge in [-0.15, -0.1) is 12.4 Å². The van der Waals surface area contributed by atoms with E-state index in [0.717, 1.165) is 6.54 Å². The molecule has 3 rings (SSSR count). The fourth-order valence-corrected chi connectivity index (χ4v) is 3.16. The van der Waals surface area contributed by atoms with Crippen molar-refractivity contribution in [3.05, 3.63) is 24.3 Å². The van der Waals surface area contributed by atoms with Crippen molar-refractivity contribution in [1.82, 2.24) is 10.2 Å². The monoisotopic (exact) mass is 353 g/mol. The fraction of sp³-hybridized carbons (Fsp3) is 0.529. The summed E-state index contributed by atoms with van der Waals surface area (Å²) in [7, 11) is 0. The molecule has 2 aliphatic heterocycles. The van der Waals surface area contributed by atoms with Gasteiger partial charge in [0.1, 0.15) is 12.3 Å². The first-order valence-corrected chi connectivity index (χ1v) is 8.09. The van der Waals surface area contributed by atoms with Crippen molar-refractivity contribution < 1.29 is 14.3 Å². The molecule has 7 heteroatoms. The fourth-order valence-electron chi connectivity index (χ4n) is 3.16. The van der Waals surface area contributed by atoms with Crippen LogP contribution in [0.25, 0.3) is 0 Å². The molecule has 1 N–H and O–H groups in total. The minimum absolute atomic E-state index is 0. The number of amides is 2. The van der Waals surface area contributed by atoms with Crippen molar-refractivity contribution in [2.45, 2.75) is 39.0 Å². The van der Waals surface area contributed by atoms with Gasteiger partial charge >= 0.3 is 0 Å². The number of hydrogen-bond donors (Lipinski definition) is 1. The maximum absolute atomic E-state index is 12.7. The highest BCUT2D eigenvalue weighted by atomic mass is 35.5. The zero-order valence-electron chi connectivity index (χ0n) is 14.2. The summed E-state index contributed by atoms with van der Waals surface area (Å²) in [5.41, 5.74) is 0.666. The van der Waals surface area contributed by atoms with Crippen molar-refractivity contribution >= 4 is 29.9 Å². The molecule has 1 aromatic rings. The number of rotatable bonds is 2. The van der Waals surface area contributed by atoms with Gasteiger partial charge in [0.15, 0.2) is 6.10 Å². The topological polar surface area (TPSA) is 61.9 Å². The van der Waals surface area contributed by atoms with Crippen LogP contribution in [0.2, 0.25) is 0 Å². The minimum Gasteiger partial charge on any atom is -0.479 e. The van der Waals surface area contributed by atoms with Gasteiger partial charge in [-0.1, -0.05) is 12.1 Å². The molecule has 1 aromatic carbocycles. The van der Waals surface area contributed by atoms with Crippen molar-refractivity contribution in [3.63, 3.8) is 0 Å². The van der Waals surface area contributed by atoms with Gasteiger partial charge in [-0.3, -0.25) is 14.5 Å². The van der Waals surface area contributed by atoms with Crippen molar-refractivity contribution in [1.29, 1.82) is 0 Å². The highest BCUT2D eigenvalue weighted by molar-refractivity contribution is 6.03. The second-order valence-electron chi connectivity index (χ2n) is 6.22. The highest BCUT2D eigenvalue weighted by Gasteiger charge is 2.35. The van der Waals surface area contributed by atoms with Crippen LogP contribution in [0.15, 0.2) is 24.3 Å². The van der Waals surface area contributed by atoms with E-state index in [0.29, 0.717) is 18.0 Å². The van der Waals surface area contributed by atoms with E-state index in [1.165, 1.54) is 0 Å². The molecule has 0 spiro atoms. The third-order valence-corrected chi connectivity index (χ3v) is 4.72. The number of nitrogens with zero attached hydrogens (tertiary/aromatic N) is 2. The predicted octanol–water partition coefficient (Wildman–Crippen LogP) is 1.43. The minimum atomic E-state index is -0.572. The Morgan fingerprint density at radius 2 is 2.00 bits per heavy atom. The molecule has 0 bridgehead atoms. The van der Waals surface area contributed by atoms with E-state index in [2.05, 4.69) is 12.2 Å². The molecule has 0 radical (unpaired) electrons. The van der Waals surface area contributed by atoms with Gasteiger partial charge in [0, 0.05) is 25.2 Å². The number of benzene rings is 1. The van der Waals surface area contributed by atoms with Crippen LogP contribution in [0, 0.1) is 0 Å². The lowest BCUT2D eigenvalue weighted by Gasteiger charge is -2.40. The predicted molar refractivity (Wildman–Crippen MR) is 94.8 cm³/mol. The zero-order chi connectivity index (χ0) is 16.6. The summed E-state index contributed by atoms with van der Waals surface area (Å²) in [5.74, 6) is 0.449. The summed E-state index contributed by atoms with van der Waals surface area (Å²) in [6, 6.07) is 7.71. The molecule has 0 aromatic heterocycles. The first-order valence-electron chi connectivity index (χ1n) is 8.09. The normalized spacial score (nSPS) is 26.3. The largest absolute Gasteiger partial charge is 0.479 e. The standard InChI is InChI=1S/C17H23N3O3.ClH/c1-11-12(2)19(9-8-18-11)16(21)10-20-14-6-4-5-7-15(14)23-13(3)17(20)22;/h4-7,11-13,18H,8-10H2,1-3H3;1H. The number of piperazine rings is 1. The lowest BCUT2D eigenvalue weighted by atomic mass is 10.1. The Bertz CT molecular complexity index is 625. The van der Waals surface area contributed by atoms with E-state index in [9.17, 15) is 9.59 Å². The molecule has 0 saturated carbocycles. The molecule has 2 aliphatic rings.